The minimum absolute atomic E-state index is 0.198. The van der Waals surface area contributed by atoms with Gasteiger partial charge in [0.25, 0.3) is 5.91 Å². The van der Waals surface area contributed by atoms with Crippen molar-refractivity contribution in [2.75, 3.05) is 30.4 Å². The van der Waals surface area contributed by atoms with E-state index in [1.54, 1.807) is 30.5 Å². The van der Waals surface area contributed by atoms with Crippen LogP contribution in [-0.4, -0.2) is 47.4 Å². The molecule has 0 saturated carbocycles. The number of rotatable bonds is 7. The number of carbonyl (C=O) groups excluding carboxylic acids is 1. The fourth-order valence-corrected chi connectivity index (χ4v) is 3.90. The molecule has 4 rings (SSSR count). The lowest BCUT2D eigenvalue weighted by atomic mass is 10.1. The number of anilines is 2. The Hall–Kier alpha value is -3.81. The first-order chi connectivity index (χ1) is 15.3. The van der Waals surface area contributed by atoms with Gasteiger partial charge in [0.1, 0.15) is 11.4 Å². The highest BCUT2D eigenvalue weighted by molar-refractivity contribution is 5.99. The quantitative estimate of drug-likeness (QED) is 0.595. The Kier molecular flexibility index (Phi) is 5.85. The van der Waals surface area contributed by atoms with Crippen LogP contribution >= 0.6 is 0 Å². The Balaban J connectivity index is 1.47. The highest BCUT2D eigenvalue weighted by atomic mass is 16.4. The fourth-order valence-electron chi connectivity index (χ4n) is 3.90. The van der Waals surface area contributed by atoms with Crippen LogP contribution in [0.4, 0.5) is 11.5 Å². The van der Waals surface area contributed by atoms with Gasteiger partial charge in [0.15, 0.2) is 0 Å². The van der Waals surface area contributed by atoms with E-state index < -0.39 is 5.97 Å². The van der Waals surface area contributed by atoms with Gasteiger partial charge in [0.05, 0.1) is 24.3 Å². The normalized spacial score (nSPS) is 13.5. The molecule has 3 aromatic rings. The summed E-state index contributed by atoms with van der Waals surface area (Å²) in [4.78, 5) is 28.3. The van der Waals surface area contributed by atoms with Crippen LogP contribution in [0.2, 0.25) is 0 Å². The maximum atomic E-state index is 13.1. The summed E-state index contributed by atoms with van der Waals surface area (Å²) in [6.45, 7) is 4.11. The number of nitrogens with one attached hydrogen (secondary N) is 1. The lowest BCUT2D eigenvalue weighted by molar-refractivity contribution is 0.0696. The second kappa shape index (κ2) is 8.74. The van der Waals surface area contributed by atoms with E-state index in [1.165, 1.54) is 5.56 Å². The van der Waals surface area contributed by atoms with E-state index in [4.69, 9.17) is 5.11 Å². The van der Waals surface area contributed by atoms with Crippen molar-refractivity contribution in [1.29, 1.82) is 0 Å². The SMILES string of the molecule is C[C@H](NC(=O)c1cnn2c1N(Cc1ccc(N(C)C)cc1)CC2)c1ccc(C(=O)O)cc1. The molecule has 1 aliphatic heterocycles. The monoisotopic (exact) mass is 433 g/mol. The van der Waals surface area contributed by atoms with Crippen LogP contribution in [0.25, 0.3) is 0 Å². The molecule has 166 valence electrons. The molecule has 1 amide bonds. The maximum Gasteiger partial charge on any atom is 0.335 e. The molecule has 0 fully saturated rings. The molecule has 2 N–H and O–H groups in total. The van der Waals surface area contributed by atoms with Gasteiger partial charge >= 0.3 is 5.97 Å². The van der Waals surface area contributed by atoms with E-state index in [0.29, 0.717) is 12.1 Å². The van der Waals surface area contributed by atoms with Crippen LogP contribution in [-0.2, 0) is 13.1 Å². The molecule has 0 radical (unpaired) electrons. The van der Waals surface area contributed by atoms with Crippen molar-refractivity contribution in [1.82, 2.24) is 15.1 Å². The molecule has 0 unspecified atom stereocenters. The summed E-state index contributed by atoms with van der Waals surface area (Å²) in [5, 5.41) is 16.5. The van der Waals surface area contributed by atoms with Gasteiger partial charge in [-0.3, -0.25) is 4.79 Å². The smallest absolute Gasteiger partial charge is 0.335 e. The molecular weight excluding hydrogens is 406 g/mol. The van der Waals surface area contributed by atoms with Crippen LogP contribution in [0.1, 0.15) is 44.8 Å². The van der Waals surface area contributed by atoms with Gasteiger partial charge in [-0.2, -0.15) is 5.10 Å². The number of carboxylic acids is 1. The van der Waals surface area contributed by atoms with Crippen molar-refractivity contribution in [3.63, 3.8) is 0 Å². The number of aromatic nitrogens is 2. The summed E-state index contributed by atoms with van der Waals surface area (Å²) in [6, 6.07) is 14.7. The van der Waals surface area contributed by atoms with Gasteiger partial charge < -0.3 is 20.2 Å². The van der Waals surface area contributed by atoms with Crippen LogP contribution in [0.5, 0.6) is 0 Å². The molecule has 2 heterocycles. The highest BCUT2D eigenvalue weighted by Gasteiger charge is 2.28. The number of amides is 1. The van der Waals surface area contributed by atoms with E-state index in [0.717, 1.165) is 30.2 Å². The standard InChI is InChI=1S/C24H27N5O3/c1-16(18-6-8-19(9-7-18)24(31)32)26-22(30)21-14-25-29-13-12-28(23(21)29)15-17-4-10-20(11-5-17)27(2)3/h4-11,14,16H,12-13,15H2,1-3H3,(H,26,30)(H,31,32)/t16-/m0/s1. The summed E-state index contributed by atoms with van der Waals surface area (Å²) < 4.78 is 1.87. The largest absolute Gasteiger partial charge is 0.478 e. The Bertz CT molecular complexity index is 1120. The molecule has 8 nitrogen and oxygen atoms in total. The van der Waals surface area contributed by atoms with Crippen molar-refractivity contribution in [2.45, 2.75) is 26.1 Å². The van der Waals surface area contributed by atoms with E-state index >= 15 is 0 Å². The van der Waals surface area contributed by atoms with Crippen LogP contribution < -0.4 is 15.1 Å². The van der Waals surface area contributed by atoms with E-state index in [-0.39, 0.29) is 17.5 Å². The third-order valence-electron chi connectivity index (χ3n) is 5.77. The van der Waals surface area contributed by atoms with E-state index in [1.807, 2.05) is 25.7 Å². The number of fused-ring (bicyclic) bond motifs is 1. The van der Waals surface area contributed by atoms with Gasteiger partial charge in [0.2, 0.25) is 0 Å². The predicted octanol–water partition coefficient (Wildman–Crippen LogP) is 3.16. The molecular formula is C24H27N5O3. The Morgan fingerprint density at radius 2 is 1.78 bits per heavy atom. The van der Waals surface area contributed by atoms with Gasteiger partial charge in [-0.25, -0.2) is 9.48 Å². The number of hydrogen-bond donors (Lipinski definition) is 2. The molecule has 0 spiro atoms. The molecule has 2 aromatic carbocycles. The minimum atomic E-state index is -0.972. The van der Waals surface area contributed by atoms with Crippen molar-refractivity contribution >= 4 is 23.4 Å². The van der Waals surface area contributed by atoms with Crippen molar-refractivity contribution in [3.05, 3.63) is 77.0 Å². The first-order valence-electron chi connectivity index (χ1n) is 10.5. The first kappa shape index (κ1) is 21.4. The molecule has 32 heavy (non-hydrogen) atoms. The first-order valence-corrected chi connectivity index (χ1v) is 10.5. The molecule has 0 bridgehead atoms. The zero-order chi connectivity index (χ0) is 22.8. The lowest BCUT2D eigenvalue weighted by Crippen LogP contribution is -2.29. The highest BCUT2D eigenvalue weighted by Crippen LogP contribution is 2.28. The molecule has 0 aliphatic carbocycles. The topological polar surface area (TPSA) is 90.7 Å². The van der Waals surface area contributed by atoms with Gasteiger partial charge in [-0.15, -0.1) is 0 Å². The number of carboxylic acid groups (broad SMARTS) is 1. The Morgan fingerprint density at radius 3 is 2.41 bits per heavy atom. The van der Waals surface area contributed by atoms with Crippen LogP contribution in [0.3, 0.4) is 0 Å². The summed E-state index contributed by atoms with van der Waals surface area (Å²) in [6.07, 6.45) is 1.62. The average molecular weight is 434 g/mol. The van der Waals surface area contributed by atoms with Crippen molar-refractivity contribution in [3.8, 4) is 0 Å². The van der Waals surface area contributed by atoms with Gasteiger partial charge in [0, 0.05) is 32.9 Å². The fraction of sp³-hybridized carbons (Fsp3) is 0.292. The number of aromatic carboxylic acids is 1. The Labute approximate surface area is 187 Å². The Morgan fingerprint density at radius 1 is 1.09 bits per heavy atom. The van der Waals surface area contributed by atoms with Crippen molar-refractivity contribution in [2.24, 2.45) is 0 Å². The number of benzene rings is 2. The van der Waals surface area contributed by atoms with Gasteiger partial charge in [-0.1, -0.05) is 24.3 Å². The van der Waals surface area contributed by atoms with Gasteiger partial charge in [-0.05, 0) is 42.3 Å². The lowest BCUT2D eigenvalue weighted by Gasteiger charge is -2.20. The van der Waals surface area contributed by atoms with E-state index in [9.17, 15) is 9.59 Å². The van der Waals surface area contributed by atoms with Crippen molar-refractivity contribution < 1.29 is 14.7 Å². The average Bonchev–Trinajstić information content (AvgIpc) is 3.37. The second-order valence-electron chi connectivity index (χ2n) is 8.21. The molecule has 0 saturated heterocycles. The number of hydrogen-bond acceptors (Lipinski definition) is 5. The zero-order valence-electron chi connectivity index (χ0n) is 18.4. The summed E-state index contributed by atoms with van der Waals surface area (Å²) in [7, 11) is 4.03. The van der Waals surface area contributed by atoms with Crippen LogP contribution in [0.15, 0.2) is 54.7 Å². The summed E-state index contributed by atoms with van der Waals surface area (Å²) in [5.74, 6) is -0.344. The third-order valence-corrected chi connectivity index (χ3v) is 5.77. The third kappa shape index (κ3) is 4.30. The molecule has 8 heteroatoms. The summed E-state index contributed by atoms with van der Waals surface area (Å²) >= 11 is 0. The van der Waals surface area contributed by atoms with E-state index in [2.05, 4.69) is 44.5 Å². The number of nitrogens with zero attached hydrogens (tertiary/aromatic N) is 4. The zero-order valence-corrected chi connectivity index (χ0v) is 18.4. The minimum Gasteiger partial charge on any atom is -0.478 e. The molecule has 1 aromatic heterocycles. The molecule has 1 aliphatic rings. The second-order valence-corrected chi connectivity index (χ2v) is 8.21. The van der Waals surface area contributed by atoms with Crippen LogP contribution in [0, 0.1) is 0 Å². The summed E-state index contributed by atoms with van der Waals surface area (Å²) in [5.41, 5.74) is 3.91. The maximum absolute atomic E-state index is 13.1. The number of carbonyl (C=O) groups is 2. The predicted molar refractivity (Wildman–Crippen MR) is 123 cm³/mol. The molecule has 1 atom stereocenters.